The molecule has 0 radical (unpaired) electrons. The van der Waals surface area contributed by atoms with Crippen LogP contribution in [-0.4, -0.2) is 22.6 Å². The molecule has 0 saturated carbocycles. The van der Waals surface area contributed by atoms with Gasteiger partial charge in [-0.2, -0.15) is 0 Å². The molecule has 0 aliphatic heterocycles. The molecule has 0 fully saturated rings. The molecule has 1 atom stereocenters. The van der Waals surface area contributed by atoms with Crippen molar-refractivity contribution in [3.63, 3.8) is 0 Å². The maximum atomic E-state index is 4.81. The summed E-state index contributed by atoms with van der Waals surface area (Å²) in [6, 6.07) is 0.416. The first kappa shape index (κ1) is 16.6. The number of aryl methyl sites for hydroxylation is 1. The second-order valence-corrected chi connectivity index (χ2v) is 8.31. The van der Waals surface area contributed by atoms with Crippen LogP contribution in [0, 0.1) is 6.92 Å². The summed E-state index contributed by atoms with van der Waals surface area (Å²) in [5, 5.41) is 10.3. The number of hydrogen-bond acceptors (Lipinski definition) is 5. The highest BCUT2D eigenvalue weighted by Crippen LogP contribution is 2.25. The van der Waals surface area contributed by atoms with Gasteiger partial charge in [0.1, 0.15) is 0 Å². The summed E-state index contributed by atoms with van der Waals surface area (Å²) in [7, 11) is 0. The molecule has 0 spiro atoms. The molecule has 116 valence electrons. The lowest BCUT2D eigenvalue weighted by Gasteiger charge is -2.16. The minimum atomic E-state index is 0.134. The molecule has 2 heterocycles. The van der Waals surface area contributed by atoms with E-state index in [0.29, 0.717) is 6.04 Å². The van der Waals surface area contributed by atoms with E-state index in [-0.39, 0.29) is 5.41 Å². The number of nitrogens with zero attached hydrogens (tertiary/aromatic N) is 2. The largest absolute Gasteiger partial charge is 0.313 e. The van der Waals surface area contributed by atoms with Crippen LogP contribution in [0.3, 0.4) is 0 Å². The normalized spacial score (nSPS) is 13.6. The van der Waals surface area contributed by atoms with Crippen molar-refractivity contribution in [1.82, 2.24) is 15.3 Å². The van der Waals surface area contributed by atoms with E-state index in [9.17, 15) is 0 Å². The van der Waals surface area contributed by atoms with E-state index < -0.39 is 0 Å². The van der Waals surface area contributed by atoms with Crippen molar-refractivity contribution in [2.45, 2.75) is 58.9 Å². The first-order chi connectivity index (χ1) is 9.88. The Hall–Kier alpha value is -0.780. The molecule has 0 aromatic carbocycles. The first-order valence-corrected chi connectivity index (χ1v) is 9.23. The van der Waals surface area contributed by atoms with Gasteiger partial charge in [-0.1, -0.05) is 27.7 Å². The zero-order chi connectivity index (χ0) is 15.5. The van der Waals surface area contributed by atoms with Crippen LogP contribution >= 0.6 is 22.7 Å². The molecule has 2 aromatic heterocycles. The summed E-state index contributed by atoms with van der Waals surface area (Å²) in [6.45, 7) is 11.8. The number of thiazole rings is 2. The number of hydrogen-bond donors (Lipinski definition) is 1. The molecule has 0 aliphatic rings. The molecule has 1 unspecified atom stereocenters. The lowest BCUT2D eigenvalue weighted by molar-refractivity contribution is 0.515. The quantitative estimate of drug-likeness (QED) is 0.874. The summed E-state index contributed by atoms with van der Waals surface area (Å²) < 4.78 is 0. The van der Waals surface area contributed by atoms with Crippen molar-refractivity contribution < 1.29 is 0 Å². The van der Waals surface area contributed by atoms with E-state index >= 15 is 0 Å². The Labute approximate surface area is 135 Å². The number of nitrogens with one attached hydrogen (secondary N) is 1. The molecular formula is C16H25N3S2. The van der Waals surface area contributed by atoms with E-state index in [1.54, 1.807) is 22.7 Å². The van der Waals surface area contributed by atoms with Crippen LogP contribution in [0.25, 0.3) is 0 Å². The highest BCUT2D eigenvalue weighted by molar-refractivity contribution is 7.10. The van der Waals surface area contributed by atoms with Crippen molar-refractivity contribution in [2.75, 3.05) is 6.54 Å². The van der Waals surface area contributed by atoms with Gasteiger partial charge in [-0.3, -0.25) is 0 Å². The van der Waals surface area contributed by atoms with Gasteiger partial charge in [0.15, 0.2) is 0 Å². The number of rotatable bonds is 6. The lowest BCUT2D eigenvalue weighted by atomic mass is 9.93. The molecule has 0 saturated heterocycles. The van der Waals surface area contributed by atoms with Gasteiger partial charge in [0.25, 0.3) is 0 Å². The predicted octanol–water partition coefficient (Wildman–Crippen LogP) is 3.97. The predicted molar refractivity (Wildman–Crippen MR) is 92.5 cm³/mol. The van der Waals surface area contributed by atoms with Crippen molar-refractivity contribution >= 4 is 22.7 Å². The minimum absolute atomic E-state index is 0.134. The number of likely N-dealkylation sites (N-methyl/N-ethyl adjacent to an activating group) is 1. The summed E-state index contributed by atoms with van der Waals surface area (Å²) in [5.74, 6) is 0. The van der Waals surface area contributed by atoms with Gasteiger partial charge >= 0.3 is 0 Å². The molecule has 1 N–H and O–H groups in total. The molecule has 21 heavy (non-hydrogen) atoms. The Morgan fingerprint density at radius 2 is 1.71 bits per heavy atom. The Bertz CT molecular complexity index is 566. The Balaban J connectivity index is 2.03. The van der Waals surface area contributed by atoms with Crippen molar-refractivity contribution in [2.24, 2.45) is 0 Å². The van der Waals surface area contributed by atoms with Gasteiger partial charge in [0.05, 0.1) is 15.7 Å². The standard InChI is InChI=1S/C16H25N3S2/c1-6-17-12(7-14-18-11(2)9-20-14)8-15-19-13(10-21-15)16(3,4)5/h9-10,12,17H,6-8H2,1-5H3. The van der Waals surface area contributed by atoms with Crippen molar-refractivity contribution in [3.8, 4) is 0 Å². The van der Waals surface area contributed by atoms with Crippen LogP contribution in [0.4, 0.5) is 0 Å². The van der Waals surface area contributed by atoms with E-state index in [4.69, 9.17) is 4.98 Å². The zero-order valence-electron chi connectivity index (χ0n) is 13.6. The molecule has 0 bridgehead atoms. The molecular weight excluding hydrogens is 298 g/mol. The van der Waals surface area contributed by atoms with E-state index in [2.05, 4.69) is 55.7 Å². The van der Waals surface area contributed by atoms with Gasteiger partial charge in [-0.05, 0) is 13.5 Å². The topological polar surface area (TPSA) is 37.8 Å². The van der Waals surface area contributed by atoms with Crippen LogP contribution in [0.1, 0.15) is 49.1 Å². The summed E-state index contributed by atoms with van der Waals surface area (Å²) >= 11 is 3.53. The van der Waals surface area contributed by atoms with Gasteiger partial charge in [-0.25, -0.2) is 9.97 Å². The van der Waals surface area contributed by atoms with Gasteiger partial charge in [0.2, 0.25) is 0 Å². The second-order valence-electron chi connectivity index (χ2n) is 6.42. The molecule has 0 amide bonds. The smallest absolute Gasteiger partial charge is 0.0944 e. The molecule has 0 aliphatic carbocycles. The Kier molecular flexibility index (Phi) is 5.52. The van der Waals surface area contributed by atoms with Gasteiger partial charge in [0, 0.05) is 40.8 Å². The summed E-state index contributed by atoms with van der Waals surface area (Å²) in [4.78, 5) is 9.39. The van der Waals surface area contributed by atoms with Crippen LogP contribution in [-0.2, 0) is 18.3 Å². The summed E-state index contributed by atoms with van der Waals surface area (Å²) in [6.07, 6.45) is 1.96. The average molecular weight is 324 g/mol. The van der Waals surface area contributed by atoms with E-state index in [1.165, 1.54) is 15.7 Å². The van der Waals surface area contributed by atoms with Gasteiger partial charge < -0.3 is 5.32 Å². The fraction of sp³-hybridized carbons (Fsp3) is 0.625. The maximum absolute atomic E-state index is 4.81. The molecule has 2 rings (SSSR count). The molecule has 2 aromatic rings. The monoisotopic (exact) mass is 323 g/mol. The van der Waals surface area contributed by atoms with Crippen LogP contribution in [0.15, 0.2) is 10.8 Å². The minimum Gasteiger partial charge on any atom is -0.313 e. The maximum Gasteiger partial charge on any atom is 0.0944 e. The summed E-state index contributed by atoms with van der Waals surface area (Å²) in [5.41, 5.74) is 2.45. The second kappa shape index (κ2) is 6.99. The third kappa shape index (κ3) is 4.87. The fourth-order valence-electron chi connectivity index (χ4n) is 2.17. The highest BCUT2D eigenvalue weighted by Gasteiger charge is 2.19. The van der Waals surface area contributed by atoms with E-state index in [1.807, 2.05) is 0 Å². The van der Waals surface area contributed by atoms with Crippen LogP contribution in [0.2, 0.25) is 0 Å². The van der Waals surface area contributed by atoms with E-state index in [0.717, 1.165) is 25.1 Å². The third-order valence-corrected chi connectivity index (χ3v) is 5.18. The number of aromatic nitrogens is 2. The van der Waals surface area contributed by atoms with Gasteiger partial charge in [-0.15, -0.1) is 22.7 Å². The molecule has 5 heteroatoms. The Morgan fingerprint density at radius 1 is 1.10 bits per heavy atom. The fourth-order valence-corrected chi connectivity index (χ4v) is 4.13. The first-order valence-electron chi connectivity index (χ1n) is 7.47. The highest BCUT2D eigenvalue weighted by atomic mass is 32.1. The molecule has 3 nitrogen and oxygen atoms in total. The lowest BCUT2D eigenvalue weighted by Crippen LogP contribution is -2.33. The third-order valence-electron chi connectivity index (χ3n) is 3.32. The zero-order valence-corrected chi connectivity index (χ0v) is 15.2. The van der Waals surface area contributed by atoms with Crippen molar-refractivity contribution in [3.05, 3.63) is 32.2 Å². The average Bonchev–Trinajstić information content (AvgIpc) is 2.98. The van der Waals surface area contributed by atoms with Crippen molar-refractivity contribution in [1.29, 1.82) is 0 Å². The van der Waals surface area contributed by atoms with Crippen LogP contribution < -0.4 is 5.32 Å². The Morgan fingerprint density at radius 3 is 2.19 bits per heavy atom. The van der Waals surface area contributed by atoms with Crippen LogP contribution in [0.5, 0.6) is 0 Å². The SMILES string of the molecule is CCNC(Cc1nc(C)cs1)Cc1nc(C(C)(C)C)cs1.